The molecule has 1 aliphatic heterocycles. The van der Waals surface area contributed by atoms with E-state index < -0.39 is 0 Å². The maximum Gasteiger partial charge on any atom is 0.242 e. The second-order valence-corrected chi connectivity index (χ2v) is 5.28. The van der Waals surface area contributed by atoms with Crippen LogP contribution in [0.3, 0.4) is 0 Å². The maximum atomic E-state index is 11.9. The van der Waals surface area contributed by atoms with E-state index in [0.29, 0.717) is 0 Å². The lowest BCUT2D eigenvalue weighted by molar-refractivity contribution is -0.148. The zero-order chi connectivity index (χ0) is 12.4. The molecule has 0 spiro atoms. The van der Waals surface area contributed by atoms with Crippen LogP contribution in [0.15, 0.2) is 0 Å². The normalized spacial score (nSPS) is 34.7. The fourth-order valence-corrected chi connectivity index (χ4v) is 3.10. The molecule has 0 radical (unpaired) electrons. The van der Waals surface area contributed by atoms with Crippen molar-refractivity contribution in [2.75, 3.05) is 6.54 Å². The summed E-state index contributed by atoms with van der Waals surface area (Å²) < 4.78 is 0. The fraction of sp³-hybridized carbons (Fsp3) is 0.846. The Morgan fingerprint density at radius 3 is 2.47 bits per heavy atom. The quantitative estimate of drug-likeness (QED) is 0.788. The molecule has 2 aliphatic rings. The van der Waals surface area contributed by atoms with Crippen molar-refractivity contribution in [3.05, 3.63) is 0 Å². The summed E-state index contributed by atoms with van der Waals surface area (Å²) in [5.74, 6) is 0.884. The molecule has 2 amide bonds. The van der Waals surface area contributed by atoms with E-state index in [1.54, 1.807) is 0 Å². The highest BCUT2D eigenvalue weighted by atomic mass is 16.2. The van der Waals surface area contributed by atoms with Gasteiger partial charge in [-0.2, -0.15) is 0 Å². The van der Waals surface area contributed by atoms with E-state index in [2.05, 4.69) is 12.2 Å². The molecule has 4 nitrogen and oxygen atoms in total. The highest BCUT2D eigenvalue weighted by molar-refractivity contribution is 5.94. The van der Waals surface area contributed by atoms with Crippen LogP contribution in [-0.2, 0) is 9.59 Å². The fourth-order valence-electron chi connectivity index (χ4n) is 3.10. The highest BCUT2D eigenvalue weighted by Crippen LogP contribution is 2.30. The Kier molecular flexibility index (Phi) is 3.69. The maximum absolute atomic E-state index is 11.9. The molecule has 0 aromatic heterocycles. The molecule has 0 aromatic rings. The number of carbonyl (C=O) groups is 2. The number of piperazine rings is 1. The van der Waals surface area contributed by atoms with Gasteiger partial charge in [-0.15, -0.1) is 0 Å². The summed E-state index contributed by atoms with van der Waals surface area (Å²) in [4.78, 5) is 25.3. The minimum Gasteiger partial charge on any atom is -0.345 e. The SMILES string of the molecule is CCC1CCC(N2C(=O)CNC(=O)C2C)CC1. The standard InChI is InChI=1S/C13H22N2O2/c1-3-10-4-6-11(7-5-10)15-9(2)13(17)14-8-12(15)16/h9-11H,3-8H2,1-2H3,(H,14,17). The van der Waals surface area contributed by atoms with Gasteiger partial charge in [0.25, 0.3) is 0 Å². The van der Waals surface area contributed by atoms with E-state index in [9.17, 15) is 9.59 Å². The van der Waals surface area contributed by atoms with Crippen LogP contribution in [0, 0.1) is 5.92 Å². The van der Waals surface area contributed by atoms with Gasteiger partial charge in [-0.1, -0.05) is 13.3 Å². The van der Waals surface area contributed by atoms with E-state index in [-0.39, 0.29) is 30.4 Å². The van der Waals surface area contributed by atoms with Crippen molar-refractivity contribution in [1.82, 2.24) is 10.2 Å². The van der Waals surface area contributed by atoms with Crippen molar-refractivity contribution in [2.45, 2.75) is 58.0 Å². The van der Waals surface area contributed by atoms with Crippen LogP contribution in [0.25, 0.3) is 0 Å². The average molecular weight is 238 g/mol. The molecule has 1 saturated heterocycles. The number of rotatable bonds is 2. The minimum absolute atomic E-state index is 0.0118. The van der Waals surface area contributed by atoms with Crippen molar-refractivity contribution in [2.24, 2.45) is 5.92 Å². The molecule has 4 heteroatoms. The first-order valence-electron chi connectivity index (χ1n) is 6.72. The predicted molar refractivity (Wildman–Crippen MR) is 65.4 cm³/mol. The van der Waals surface area contributed by atoms with Gasteiger partial charge in [0.15, 0.2) is 0 Å². The van der Waals surface area contributed by atoms with Crippen LogP contribution in [0.5, 0.6) is 0 Å². The van der Waals surface area contributed by atoms with Crippen LogP contribution in [0.4, 0.5) is 0 Å². The smallest absolute Gasteiger partial charge is 0.242 e. The molecule has 1 saturated carbocycles. The molecule has 0 aromatic carbocycles. The van der Waals surface area contributed by atoms with Gasteiger partial charge in [-0.25, -0.2) is 0 Å². The molecule has 2 fully saturated rings. The molecule has 1 atom stereocenters. The Morgan fingerprint density at radius 2 is 1.88 bits per heavy atom. The summed E-state index contributed by atoms with van der Waals surface area (Å²) in [7, 11) is 0. The minimum atomic E-state index is -0.292. The van der Waals surface area contributed by atoms with Gasteiger partial charge in [0.1, 0.15) is 6.04 Å². The first-order chi connectivity index (χ1) is 8.13. The topological polar surface area (TPSA) is 49.4 Å². The Hall–Kier alpha value is -1.06. The lowest BCUT2D eigenvalue weighted by atomic mass is 9.83. The highest BCUT2D eigenvalue weighted by Gasteiger charge is 2.37. The summed E-state index contributed by atoms with van der Waals surface area (Å²) >= 11 is 0. The van der Waals surface area contributed by atoms with Crippen molar-refractivity contribution in [3.63, 3.8) is 0 Å². The summed E-state index contributed by atoms with van der Waals surface area (Å²) in [5, 5.41) is 2.64. The lowest BCUT2D eigenvalue weighted by Crippen LogP contribution is -2.60. The number of hydrogen-bond donors (Lipinski definition) is 1. The van der Waals surface area contributed by atoms with Gasteiger partial charge >= 0.3 is 0 Å². The monoisotopic (exact) mass is 238 g/mol. The number of amides is 2. The third-order valence-corrected chi connectivity index (χ3v) is 4.29. The number of nitrogens with zero attached hydrogens (tertiary/aromatic N) is 1. The van der Waals surface area contributed by atoms with E-state index in [1.165, 1.54) is 19.3 Å². The Bertz CT molecular complexity index is 309. The van der Waals surface area contributed by atoms with E-state index in [0.717, 1.165) is 18.8 Å². The van der Waals surface area contributed by atoms with Crippen molar-refractivity contribution < 1.29 is 9.59 Å². The Morgan fingerprint density at radius 1 is 1.24 bits per heavy atom. The first kappa shape index (κ1) is 12.4. The van der Waals surface area contributed by atoms with E-state index in [1.807, 2.05) is 11.8 Å². The second-order valence-electron chi connectivity index (χ2n) is 5.28. The molecule has 1 aliphatic carbocycles. The summed E-state index contributed by atoms with van der Waals surface area (Å²) in [6.45, 7) is 4.24. The molecule has 96 valence electrons. The predicted octanol–water partition coefficient (Wildman–Crippen LogP) is 1.30. The molecule has 2 rings (SSSR count). The molecular weight excluding hydrogens is 216 g/mol. The third-order valence-electron chi connectivity index (χ3n) is 4.29. The molecule has 0 bridgehead atoms. The summed E-state index contributed by atoms with van der Waals surface area (Å²) in [6, 6.07) is -0.00854. The van der Waals surface area contributed by atoms with Crippen LogP contribution in [-0.4, -0.2) is 35.3 Å². The second kappa shape index (κ2) is 5.07. The first-order valence-corrected chi connectivity index (χ1v) is 6.72. The Labute approximate surface area is 103 Å². The van der Waals surface area contributed by atoms with Crippen LogP contribution in [0.1, 0.15) is 46.0 Å². The number of nitrogens with one attached hydrogen (secondary N) is 1. The number of carbonyl (C=O) groups excluding carboxylic acids is 2. The Balaban J connectivity index is 2.01. The van der Waals surface area contributed by atoms with Gasteiger partial charge in [0.05, 0.1) is 6.54 Å². The summed E-state index contributed by atoms with van der Waals surface area (Å²) in [5.41, 5.74) is 0. The van der Waals surface area contributed by atoms with Crippen molar-refractivity contribution in [3.8, 4) is 0 Å². The van der Waals surface area contributed by atoms with Gasteiger partial charge in [0, 0.05) is 6.04 Å². The van der Waals surface area contributed by atoms with Crippen molar-refractivity contribution >= 4 is 11.8 Å². The lowest BCUT2D eigenvalue weighted by Gasteiger charge is -2.42. The van der Waals surface area contributed by atoms with Crippen LogP contribution < -0.4 is 5.32 Å². The molecule has 17 heavy (non-hydrogen) atoms. The molecule has 1 heterocycles. The van der Waals surface area contributed by atoms with Gasteiger partial charge in [-0.3, -0.25) is 9.59 Å². The zero-order valence-electron chi connectivity index (χ0n) is 10.7. The molecular formula is C13H22N2O2. The summed E-state index contributed by atoms with van der Waals surface area (Å²) in [6.07, 6.45) is 5.74. The largest absolute Gasteiger partial charge is 0.345 e. The van der Waals surface area contributed by atoms with Gasteiger partial charge < -0.3 is 10.2 Å². The third kappa shape index (κ3) is 2.45. The average Bonchev–Trinajstić information content (AvgIpc) is 2.35. The van der Waals surface area contributed by atoms with Crippen LogP contribution >= 0.6 is 0 Å². The molecule has 1 N–H and O–H groups in total. The zero-order valence-corrected chi connectivity index (χ0v) is 10.7. The molecule has 1 unspecified atom stereocenters. The van der Waals surface area contributed by atoms with Crippen LogP contribution in [0.2, 0.25) is 0 Å². The number of hydrogen-bond acceptors (Lipinski definition) is 2. The van der Waals surface area contributed by atoms with Crippen molar-refractivity contribution in [1.29, 1.82) is 0 Å². The van der Waals surface area contributed by atoms with Gasteiger partial charge in [0.2, 0.25) is 11.8 Å². The van der Waals surface area contributed by atoms with Gasteiger partial charge in [-0.05, 0) is 38.5 Å². The van der Waals surface area contributed by atoms with E-state index >= 15 is 0 Å². The van der Waals surface area contributed by atoms with E-state index in [4.69, 9.17) is 0 Å².